The molecule has 20 nitrogen and oxygen atoms in total. The molecule has 0 aliphatic carbocycles. The molecule has 178 valence electrons. The molecular weight excluding hydrogens is 827 g/mol. The van der Waals surface area contributed by atoms with Crippen LogP contribution in [0.1, 0.15) is 12.8 Å². The average molecular weight is 851 g/mol. The summed E-state index contributed by atoms with van der Waals surface area (Å²) in [5, 5.41) is 0. The van der Waals surface area contributed by atoms with Gasteiger partial charge in [0.05, 0.1) is 0 Å². The standard InChI is InChI=1S/9K.5H3O4P.9H/c;;;;;;;;;5*1-5(2,3)4;;;;;;;;;/h;;;;;;;;;5*(H3,1,2,3,4);;;;;;;;;/q9*+1;;;;;;9*-1. The van der Waals surface area contributed by atoms with Crippen LogP contribution in [0, 0.1) is 0 Å². The quantitative estimate of drug-likeness (QED) is 0.0795. The molecule has 0 fully saturated rings. The van der Waals surface area contributed by atoms with Gasteiger partial charge in [0.1, 0.15) is 0 Å². The molecule has 0 spiro atoms. The van der Waals surface area contributed by atoms with Gasteiger partial charge in [0.25, 0.3) is 0 Å². The van der Waals surface area contributed by atoms with E-state index in [0.29, 0.717) is 0 Å². The largest absolute Gasteiger partial charge is 1.00 e. The predicted molar refractivity (Wildman–Crippen MR) is 81.3 cm³/mol. The summed E-state index contributed by atoms with van der Waals surface area (Å²) in [6.07, 6.45) is 0. The summed E-state index contributed by atoms with van der Waals surface area (Å²) >= 11 is 0. The van der Waals surface area contributed by atoms with Crippen molar-refractivity contribution in [2.75, 3.05) is 0 Å². The van der Waals surface area contributed by atoms with Gasteiger partial charge in [-0.1, -0.05) is 0 Å². The Labute approximate surface area is 590 Å². The zero-order valence-corrected chi connectivity index (χ0v) is 52.6. The Kier molecular flexibility index (Phi) is 143. The first kappa shape index (κ1) is 92.3. The first-order chi connectivity index (χ1) is 10.0. The van der Waals surface area contributed by atoms with Gasteiger partial charge in [0, 0.05) is 0 Å². The first-order valence-electron chi connectivity index (χ1n) is 3.91. The molecule has 0 rings (SSSR count). The molecule has 0 bridgehead atoms. The van der Waals surface area contributed by atoms with Gasteiger partial charge >= 0.3 is 502 Å². The van der Waals surface area contributed by atoms with Gasteiger partial charge in [0.15, 0.2) is 0 Å². The van der Waals surface area contributed by atoms with Crippen LogP contribution in [-0.4, -0.2) is 73.4 Å². The summed E-state index contributed by atoms with van der Waals surface area (Å²) in [6.45, 7) is 0. The molecule has 0 amide bonds. The van der Waals surface area contributed by atoms with Crippen LogP contribution in [-0.2, 0) is 22.8 Å². The van der Waals surface area contributed by atoms with Crippen molar-refractivity contribution in [2.24, 2.45) is 0 Å². The van der Waals surface area contributed by atoms with Gasteiger partial charge in [-0.25, -0.2) is 22.8 Å². The Bertz CT molecular complexity index is 425. The van der Waals surface area contributed by atoms with Crippen LogP contribution in [0.25, 0.3) is 0 Å². The third-order valence-electron chi connectivity index (χ3n) is 0. The molecule has 0 unspecified atom stereocenters. The molecule has 15 N–H and O–H groups in total. The Hall–Kier alpha value is 15.3. The van der Waals surface area contributed by atoms with Crippen molar-refractivity contribution in [2.45, 2.75) is 0 Å². The van der Waals surface area contributed by atoms with Gasteiger partial charge in [0.2, 0.25) is 0 Å². The minimum Gasteiger partial charge on any atom is -1.00 e. The third-order valence-corrected chi connectivity index (χ3v) is 0. The molecule has 0 aliphatic rings. The van der Waals surface area contributed by atoms with Crippen LogP contribution >= 0.6 is 39.1 Å². The van der Waals surface area contributed by atoms with Crippen molar-refractivity contribution < 1.29 is 572 Å². The van der Waals surface area contributed by atoms with E-state index in [2.05, 4.69) is 0 Å². The number of hydrogen-bond acceptors (Lipinski definition) is 5. The van der Waals surface area contributed by atoms with Crippen LogP contribution in [0.2, 0.25) is 0 Å². The molecule has 0 heterocycles. The summed E-state index contributed by atoms with van der Waals surface area (Å²) in [6, 6.07) is 0. The van der Waals surface area contributed by atoms with Crippen molar-refractivity contribution in [3.05, 3.63) is 0 Å². The maximum atomic E-state index is 8.88. The van der Waals surface area contributed by atoms with Gasteiger partial charge in [-0.05, 0) is 0 Å². The van der Waals surface area contributed by atoms with Crippen LogP contribution in [0.4, 0.5) is 0 Å². The topological polar surface area (TPSA) is 389 Å². The summed E-state index contributed by atoms with van der Waals surface area (Å²) in [5.74, 6) is 0. The Balaban J connectivity index is -0.00000000501. The fourth-order valence-corrected chi connectivity index (χ4v) is 0. The van der Waals surface area contributed by atoms with E-state index in [0.717, 1.165) is 0 Å². The van der Waals surface area contributed by atoms with E-state index >= 15 is 0 Å². The van der Waals surface area contributed by atoms with Crippen molar-refractivity contribution >= 4 is 39.1 Å². The fraction of sp³-hybridized carbons (Fsp3) is 0. The third kappa shape index (κ3) is 434. The zero-order valence-electron chi connectivity index (χ0n) is 29.0. The van der Waals surface area contributed by atoms with Crippen molar-refractivity contribution in [3.8, 4) is 0 Å². The minimum absolute atomic E-state index is 0. The van der Waals surface area contributed by atoms with E-state index in [9.17, 15) is 0 Å². The van der Waals surface area contributed by atoms with Crippen molar-refractivity contribution in [3.63, 3.8) is 0 Å². The molecule has 0 saturated carbocycles. The van der Waals surface area contributed by atoms with E-state index in [1.165, 1.54) is 0 Å². The normalized spacial score (nSPS) is 8.68. The van der Waals surface area contributed by atoms with Crippen LogP contribution in [0.15, 0.2) is 0 Å². The second-order valence-corrected chi connectivity index (χ2v) is 7.70. The molecular formula is H24K9O20P5. The maximum absolute atomic E-state index is 8.88. The molecule has 0 aromatic rings. The Morgan fingerprint density at radius 1 is 0.235 bits per heavy atom. The van der Waals surface area contributed by atoms with Gasteiger partial charge in [-0.3, -0.25) is 0 Å². The summed E-state index contributed by atoms with van der Waals surface area (Å²) in [7, 11) is -23.2. The molecule has 34 heavy (non-hydrogen) atoms. The van der Waals surface area contributed by atoms with E-state index in [4.69, 9.17) is 96.2 Å². The van der Waals surface area contributed by atoms with Crippen LogP contribution in [0.3, 0.4) is 0 Å². The summed E-state index contributed by atoms with van der Waals surface area (Å²) in [4.78, 5) is 108. The summed E-state index contributed by atoms with van der Waals surface area (Å²) in [5.41, 5.74) is 0. The number of phosphoric acid groups is 5. The molecule has 0 saturated heterocycles. The van der Waals surface area contributed by atoms with Gasteiger partial charge in [-0.15, -0.1) is 0 Å². The van der Waals surface area contributed by atoms with Crippen molar-refractivity contribution in [1.82, 2.24) is 0 Å². The molecule has 0 aromatic heterocycles. The Morgan fingerprint density at radius 2 is 0.235 bits per heavy atom. The molecule has 0 aromatic carbocycles. The minimum atomic E-state index is -4.64. The van der Waals surface area contributed by atoms with Crippen LogP contribution < -0.4 is 462 Å². The van der Waals surface area contributed by atoms with E-state index in [-0.39, 0.29) is 475 Å². The van der Waals surface area contributed by atoms with Crippen molar-refractivity contribution in [1.29, 1.82) is 0 Å². The molecule has 0 aliphatic heterocycles. The monoisotopic (exact) mass is 850 g/mol. The van der Waals surface area contributed by atoms with E-state index in [1.807, 2.05) is 0 Å². The van der Waals surface area contributed by atoms with Gasteiger partial charge < -0.3 is 86.2 Å². The number of hydrogen-bond donors (Lipinski definition) is 15. The smallest absolute Gasteiger partial charge is 1.00 e. The van der Waals surface area contributed by atoms with Gasteiger partial charge in [-0.2, -0.15) is 0 Å². The molecule has 34 heteroatoms. The second kappa shape index (κ2) is 52.6. The zero-order chi connectivity index (χ0) is 22.5. The molecule has 0 atom stereocenters. The Morgan fingerprint density at radius 3 is 0.235 bits per heavy atom. The van der Waals surface area contributed by atoms with Crippen LogP contribution in [0.5, 0.6) is 0 Å². The summed E-state index contributed by atoms with van der Waals surface area (Å²) < 4.78 is 44.4. The average Bonchev–Trinajstić information content (AvgIpc) is 1.79. The predicted octanol–water partition coefficient (Wildman–Crippen LogP) is -30.6. The first-order valence-corrected chi connectivity index (χ1v) is 11.7. The van der Waals surface area contributed by atoms with E-state index in [1.54, 1.807) is 0 Å². The fourth-order valence-electron chi connectivity index (χ4n) is 0. The second-order valence-electron chi connectivity index (χ2n) is 2.57. The maximum Gasteiger partial charge on any atom is 1.00 e. The SMILES string of the molecule is O=P(O)(O)O.O=P(O)(O)O.O=P(O)(O)O.O=P(O)(O)O.O=P(O)(O)O.[H-].[H-].[H-].[H-].[H-].[H-].[H-].[H-].[H-].[K+].[K+].[K+].[K+].[K+].[K+].[K+].[K+].[K+]. The molecule has 0 radical (unpaired) electrons. The number of rotatable bonds is 0. The van der Waals surface area contributed by atoms with E-state index < -0.39 is 39.1 Å².